The Balaban J connectivity index is 1.85. The number of nitrogens with zero attached hydrogens (tertiary/aromatic N) is 1. The van der Waals surface area contributed by atoms with Crippen molar-refractivity contribution in [2.75, 3.05) is 20.2 Å². The zero-order valence-corrected chi connectivity index (χ0v) is 13.4. The van der Waals surface area contributed by atoms with Crippen molar-refractivity contribution < 1.29 is 4.74 Å². The van der Waals surface area contributed by atoms with Gasteiger partial charge < -0.3 is 4.74 Å². The summed E-state index contributed by atoms with van der Waals surface area (Å²) < 4.78 is 5.53. The molecule has 0 amide bonds. The number of likely N-dealkylation sites (N-methyl/N-ethyl adjacent to an activating group) is 1. The molecule has 3 aliphatic rings. The zero-order chi connectivity index (χ0) is 14.4. The number of methoxy groups -OCH3 is 1. The topological polar surface area (TPSA) is 12.5 Å². The van der Waals surface area contributed by atoms with E-state index in [4.69, 9.17) is 4.74 Å². The van der Waals surface area contributed by atoms with E-state index >= 15 is 0 Å². The van der Waals surface area contributed by atoms with E-state index in [1.54, 1.807) is 18.2 Å². The molecule has 0 radical (unpaired) electrons. The minimum atomic E-state index is 0.455. The molecular formula is C19H27NO. The van der Waals surface area contributed by atoms with Crippen molar-refractivity contribution >= 4 is 0 Å². The first-order valence-electron chi connectivity index (χ1n) is 8.70. The number of benzene rings is 1. The van der Waals surface area contributed by atoms with Crippen LogP contribution >= 0.6 is 0 Å². The van der Waals surface area contributed by atoms with Gasteiger partial charge in [0.25, 0.3) is 0 Å². The lowest BCUT2D eigenvalue weighted by molar-refractivity contribution is -0.00847. The Bertz CT molecular complexity index is 540. The summed E-state index contributed by atoms with van der Waals surface area (Å²) in [5.41, 5.74) is 3.69. The molecule has 2 fully saturated rings. The highest BCUT2D eigenvalue weighted by Gasteiger charge is 2.53. The first-order chi connectivity index (χ1) is 10.3. The number of ether oxygens (including phenoxy) is 1. The number of hydrogen-bond acceptors (Lipinski definition) is 2. The van der Waals surface area contributed by atoms with Gasteiger partial charge in [0.1, 0.15) is 5.75 Å². The van der Waals surface area contributed by atoms with Crippen LogP contribution in [0.3, 0.4) is 0 Å². The van der Waals surface area contributed by atoms with Crippen LogP contribution in [0.25, 0.3) is 0 Å². The standard InChI is InChI=1S/C19H27NO/c1-3-20-11-10-19-9-5-4-6-16(19)18(20)12-14-7-8-15(21-2)13-17(14)19/h7-8,13,16,18H,3-6,9-12H2,1-2H3/t16-,18-,19-/m1/s1. The first kappa shape index (κ1) is 13.6. The summed E-state index contributed by atoms with van der Waals surface area (Å²) >= 11 is 0. The molecule has 1 saturated heterocycles. The van der Waals surface area contributed by atoms with E-state index in [0.29, 0.717) is 5.41 Å². The quantitative estimate of drug-likeness (QED) is 0.820. The summed E-state index contributed by atoms with van der Waals surface area (Å²) in [4.78, 5) is 2.75. The monoisotopic (exact) mass is 285 g/mol. The maximum Gasteiger partial charge on any atom is 0.119 e. The van der Waals surface area contributed by atoms with Crippen LogP contribution in [0.15, 0.2) is 18.2 Å². The van der Waals surface area contributed by atoms with E-state index in [0.717, 1.165) is 17.7 Å². The third-order valence-corrected chi connectivity index (χ3v) is 6.57. The van der Waals surface area contributed by atoms with Crippen molar-refractivity contribution in [2.24, 2.45) is 5.92 Å². The lowest BCUT2D eigenvalue weighted by Crippen LogP contribution is -2.60. The van der Waals surface area contributed by atoms with Crippen LogP contribution in [0.4, 0.5) is 0 Å². The summed E-state index contributed by atoms with van der Waals surface area (Å²) in [5.74, 6) is 1.92. The maximum atomic E-state index is 5.53. The third kappa shape index (κ3) is 1.88. The summed E-state index contributed by atoms with van der Waals surface area (Å²) in [6.07, 6.45) is 8.26. The fourth-order valence-electron chi connectivity index (χ4n) is 5.58. The van der Waals surface area contributed by atoms with Crippen LogP contribution in [0.1, 0.15) is 50.2 Å². The highest BCUT2D eigenvalue weighted by Crippen LogP contribution is 2.56. The minimum Gasteiger partial charge on any atom is -0.497 e. The number of rotatable bonds is 2. The predicted molar refractivity (Wildman–Crippen MR) is 86.0 cm³/mol. The molecule has 2 nitrogen and oxygen atoms in total. The molecule has 2 aliphatic carbocycles. The Hall–Kier alpha value is -1.02. The zero-order valence-electron chi connectivity index (χ0n) is 13.4. The normalized spacial score (nSPS) is 35.0. The SMILES string of the molecule is CCN1CC[C@]23CCCC[C@@H]2[C@H]1Cc1ccc(OC)cc13. The van der Waals surface area contributed by atoms with Crippen molar-refractivity contribution in [3.63, 3.8) is 0 Å². The molecule has 0 unspecified atom stereocenters. The average molecular weight is 285 g/mol. The lowest BCUT2D eigenvalue weighted by Gasteiger charge is -2.59. The Morgan fingerprint density at radius 1 is 1.29 bits per heavy atom. The van der Waals surface area contributed by atoms with Crippen LogP contribution in [0.2, 0.25) is 0 Å². The summed E-state index contributed by atoms with van der Waals surface area (Å²) in [6, 6.07) is 7.65. The second-order valence-electron chi connectivity index (χ2n) is 7.18. The van der Waals surface area contributed by atoms with Crippen molar-refractivity contribution in [3.8, 4) is 5.75 Å². The molecule has 4 rings (SSSR count). The largest absolute Gasteiger partial charge is 0.497 e. The van der Waals surface area contributed by atoms with Crippen molar-refractivity contribution in [1.29, 1.82) is 0 Å². The molecule has 2 bridgehead atoms. The molecule has 2 heteroatoms. The van der Waals surface area contributed by atoms with Gasteiger partial charge in [-0.1, -0.05) is 25.8 Å². The summed E-state index contributed by atoms with van der Waals surface area (Å²) in [6.45, 7) is 4.83. The van der Waals surface area contributed by atoms with Crippen molar-refractivity contribution in [2.45, 2.75) is 56.9 Å². The second-order valence-corrected chi connectivity index (χ2v) is 7.18. The molecule has 3 atom stereocenters. The van der Waals surface area contributed by atoms with Crippen LogP contribution in [0, 0.1) is 5.92 Å². The van der Waals surface area contributed by atoms with E-state index in [1.165, 1.54) is 51.6 Å². The molecule has 0 spiro atoms. The van der Waals surface area contributed by atoms with Gasteiger partial charge in [-0.05, 0) is 68.0 Å². The highest BCUT2D eigenvalue weighted by atomic mass is 16.5. The van der Waals surface area contributed by atoms with Crippen LogP contribution < -0.4 is 4.74 Å². The Kier molecular flexibility index (Phi) is 3.25. The van der Waals surface area contributed by atoms with Gasteiger partial charge in [-0.15, -0.1) is 0 Å². The van der Waals surface area contributed by atoms with Gasteiger partial charge in [-0.3, -0.25) is 4.90 Å². The smallest absolute Gasteiger partial charge is 0.119 e. The van der Waals surface area contributed by atoms with Crippen LogP contribution in [0.5, 0.6) is 5.75 Å². The Morgan fingerprint density at radius 3 is 3.00 bits per heavy atom. The van der Waals surface area contributed by atoms with Gasteiger partial charge in [-0.25, -0.2) is 0 Å². The van der Waals surface area contributed by atoms with Gasteiger partial charge in [0.2, 0.25) is 0 Å². The van der Waals surface area contributed by atoms with Gasteiger partial charge >= 0.3 is 0 Å². The highest BCUT2D eigenvalue weighted by molar-refractivity contribution is 5.45. The molecule has 1 heterocycles. The molecular weight excluding hydrogens is 258 g/mol. The van der Waals surface area contributed by atoms with E-state index in [2.05, 4.69) is 30.0 Å². The predicted octanol–water partition coefficient (Wildman–Crippen LogP) is 3.77. The molecule has 1 saturated carbocycles. The number of piperidine rings is 1. The fourth-order valence-corrected chi connectivity index (χ4v) is 5.58. The molecule has 1 aromatic rings. The van der Waals surface area contributed by atoms with Gasteiger partial charge in [0.05, 0.1) is 7.11 Å². The summed E-state index contributed by atoms with van der Waals surface area (Å²) in [7, 11) is 1.79. The average Bonchev–Trinajstić information content (AvgIpc) is 2.54. The van der Waals surface area contributed by atoms with Crippen LogP contribution in [-0.4, -0.2) is 31.1 Å². The van der Waals surface area contributed by atoms with E-state index in [1.807, 2.05) is 0 Å². The van der Waals surface area contributed by atoms with Crippen LogP contribution in [-0.2, 0) is 11.8 Å². The molecule has 0 aromatic heterocycles. The Labute approximate surface area is 128 Å². The number of fused-ring (bicyclic) bond motifs is 1. The van der Waals surface area contributed by atoms with Crippen molar-refractivity contribution in [3.05, 3.63) is 29.3 Å². The van der Waals surface area contributed by atoms with E-state index in [9.17, 15) is 0 Å². The second kappa shape index (κ2) is 5.01. The third-order valence-electron chi connectivity index (χ3n) is 6.57. The number of likely N-dealkylation sites (tertiary alicyclic amines) is 1. The fraction of sp³-hybridized carbons (Fsp3) is 0.684. The summed E-state index contributed by atoms with van der Waals surface area (Å²) in [5, 5.41) is 0. The minimum absolute atomic E-state index is 0.455. The molecule has 114 valence electrons. The first-order valence-corrected chi connectivity index (χ1v) is 8.70. The number of hydrogen-bond donors (Lipinski definition) is 0. The molecule has 1 aliphatic heterocycles. The van der Waals surface area contributed by atoms with E-state index in [-0.39, 0.29) is 0 Å². The Morgan fingerprint density at radius 2 is 2.19 bits per heavy atom. The van der Waals surface area contributed by atoms with Gasteiger partial charge in [-0.2, -0.15) is 0 Å². The maximum absolute atomic E-state index is 5.53. The van der Waals surface area contributed by atoms with E-state index < -0.39 is 0 Å². The molecule has 1 aromatic carbocycles. The van der Waals surface area contributed by atoms with Gasteiger partial charge in [0.15, 0.2) is 0 Å². The van der Waals surface area contributed by atoms with Crippen molar-refractivity contribution in [1.82, 2.24) is 4.90 Å². The molecule has 21 heavy (non-hydrogen) atoms. The van der Waals surface area contributed by atoms with Gasteiger partial charge in [0, 0.05) is 11.5 Å². The lowest BCUT2D eigenvalue weighted by atomic mass is 9.52. The molecule has 0 N–H and O–H groups in total.